The van der Waals surface area contributed by atoms with Gasteiger partial charge in [-0.15, -0.1) is 0 Å². The molecule has 0 amide bonds. The molecule has 0 fully saturated rings. The zero-order chi connectivity index (χ0) is 19.5. The average molecular weight is 353 g/mol. The molecule has 0 aliphatic heterocycles. The average Bonchev–Trinajstić information content (AvgIpc) is 2.54. The third-order valence-corrected chi connectivity index (χ3v) is 3.32. The van der Waals surface area contributed by atoms with E-state index >= 15 is 0 Å². The van der Waals surface area contributed by atoms with Gasteiger partial charge in [-0.1, -0.05) is 20.8 Å². The predicted octanol–water partition coefficient (Wildman–Crippen LogP) is 2.67. The Labute approximate surface area is 148 Å². The largest absolute Gasteiger partial charge is 0.393 e. The van der Waals surface area contributed by atoms with E-state index in [4.69, 9.17) is 19.4 Å². The third kappa shape index (κ3) is 23.7. The van der Waals surface area contributed by atoms with E-state index in [1.54, 1.807) is 20.8 Å². The molecule has 0 bridgehead atoms. The van der Waals surface area contributed by atoms with Crippen molar-refractivity contribution in [3.05, 3.63) is 0 Å². The molecule has 0 heterocycles. The Morgan fingerprint density at radius 1 is 0.708 bits per heavy atom. The van der Waals surface area contributed by atoms with Crippen molar-refractivity contribution in [3.63, 3.8) is 0 Å². The normalized spacial score (nSPS) is 16.5. The number of rotatable bonds is 11. The fraction of sp³-hybridized carbons (Fsp3) is 0.944. The lowest BCUT2D eigenvalue weighted by Gasteiger charge is -2.21. The van der Waals surface area contributed by atoms with E-state index in [2.05, 4.69) is 0 Å². The van der Waals surface area contributed by atoms with Gasteiger partial charge < -0.3 is 29.6 Å². The zero-order valence-corrected chi connectivity index (χ0v) is 16.4. The summed E-state index contributed by atoms with van der Waals surface area (Å²) in [7, 11) is 0. The van der Waals surface area contributed by atoms with E-state index in [1.807, 2.05) is 27.6 Å². The first-order chi connectivity index (χ1) is 11.3. The van der Waals surface area contributed by atoms with Gasteiger partial charge in [-0.2, -0.15) is 0 Å². The molecule has 0 saturated carbocycles. The van der Waals surface area contributed by atoms with Crippen molar-refractivity contribution < 1.29 is 29.6 Å². The molecule has 24 heavy (non-hydrogen) atoms. The van der Waals surface area contributed by atoms with Gasteiger partial charge in [-0.3, -0.25) is 0 Å². The number of hydrogen-bond donors (Lipinski definition) is 3. The Hall–Kier alpha value is -0.530. The number of hydrogen-bond acceptors (Lipinski definition) is 6. The van der Waals surface area contributed by atoms with Gasteiger partial charge in [0.15, 0.2) is 0 Å². The molecule has 0 aliphatic rings. The predicted molar refractivity (Wildman–Crippen MR) is 96.9 cm³/mol. The summed E-state index contributed by atoms with van der Waals surface area (Å²) in [6, 6.07) is 0. The summed E-state index contributed by atoms with van der Waals surface area (Å²) in [6.07, 6.45) is 3.12. The molecule has 0 aromatic heterocycles. The summed E-state index contributed by atoms with van der Waals surface area (Å²) < 4.78 is 11.1. The molecule has 0 aliphatic carbocycles. The molecule has 0 rings (SSSR count). The van der Waals surface area contributed by atoms with Crippen LogP contribution in [0.4, 0.5) is 0 Å². The highest BCUT2D eigenvalue weighted by Crippen LogP contribution is 2.10. The fourth-order valence-corrected chi connectivity index (χ4v) is 1.70. The Morgan fingerprint density at radius 3 is 1.17 bits per heavy atom. The molecule has 0 aromatic rings. The Bertz CT molecular complexity index is 216. The molecule has 0 spiro atoms. The van der Waals surface area contributed by atoms with Gasteiger partial charge in [0, 0.05) is 0 Å². The van der Waals surface area contributed by atoms with E-state index in [-0.39, 0.29) is 37.3 Å². The minimum Gasteiger partial charge on any atom is -0.393 e. The summed E-state index contributed by atoms with van der Waals surface area (Å²) >= 11 is 0. The summed E-state index contributed by atoms with van der Waals surface area (Å²) in [5, 5.41) is 26.9. The zero-order valence-electron chi connectivity index (χ0n) is 16.4. The maximum atomic E-state index is 9.27. The molecule has 5 unspecified atom stereocenters. The van der Waals surface area contributed by atoms with E-state index in [9.17, 15) is 10.2 Å². The molecule has 0 aromatic carbocycles. The minimum absolute atomic E-state index is 0.0408. The molecule has 0 radical (unpaired) electrons. The van der Waals surface area contributed by atoms with Crippen molar-refractivity contribution in [1.29, 1.82) is 0 Å². The lowest BCUT2D eigenvalue weighted by atomic mass is 10.1. The second-order valence-corrected chi connectivity index (χ2v) is 5.94. The lowest BCUT2D eigenvalue weighted by Crippen LogP contribution is -2.24. The summed E-state index contributed by atoms with van der Waals surface area (Å²) in [6.45, 7) is 13.5. The van der Waals surface area contributed by atoms with Crippen LogP contribution >= 0.6 is 0 Å². The number of carbonyl (C=O) groups excluding carboxylic acids is 1. The Kier molecular flexibility index (Phi) is 24.2. The van der Waals surface area contributed by atoms with E-state index in [1.165, 1.54) is 0 Å². The standard InChI is InChI=1S/C13H28O4.C4H10O.CH2O/c1-5-12(7-10(3)14)16-9-17-13(6-2)8-11(4)15;1-3-4(2)5;1-2/h10-15H,5-9H2,1-4H3;4-5H,3H2,1-2H3;1H2. The van der Waals surface area contributed by atoms with E-state index in [0.717, 1.165) is 19.3 Å². The van der Waals surface area contributed by atoms with Crippen LogP contribution in [0.2, 0.25) is 0 Å². The van der Waals surface area contributed by atoms with Gasteiger partial charge in [-0.05, 0) is 52.9 Å². The fourth-order valence-electron chi connectivity index (χ4n) is 1.70. The van der Waals surface area contributed by atoms with Crippen LogP contribution in [0.3, 0.4) is 0 Å². The Balaban J connectivity index is -0.000000534. The minimum atomic E-state index is -0.348. The van der Waals surface area contributed by atoms with Crippen molar-refractivity contribution >= 4 is 6.79 Å². The van der Waals surface area contributed by atoms with Crippen molar-refractivity contribution in [2.24, 2.45) is 0 Å². The maximum absolute atomic E-state index is 9.27. The van der Waals surface area contributed by atoms with Crippen LogP contribution in [0.1, 0.15) is 73.6 Å². The number of ether oxygens (including phenoxy) is 2. The van der Waals surface area contributed by atoms with Crippen LogP contribution < -0.4 is 0 Å². The maximum Gasteiger partial charge on any atom is 0.147 e. The van der Waals surface area contributed by atoms with Crippen LogP contribution in [0.5, 0.6) is 0 Å². The van der Waals surface area contributed by atoms with Crippen LogP contribution in [0.15, 0.2) is 0 Å². The molecule has 6 heteroatoms. The quantitative estimate of drug-likeness (QED) is 0.495. The highest BCUT2D eigenvalue weighted by atomic mass is 16.7. The smallest absolute Gasteiger partial charge is 0.147 e. The van der Waals surface area contributed by atoms with Gasteiger partial charge in [0.2, 0.25) is 0 Å². The molecule has 0 saturated heterocycles. The van der Waals surface area contributed by atoms with E-state index < -0.39 is 0 Å². The molecule has 5 atom stereocenters. The first-order valence-electron chi connectivity index (χ1n) is 8.82. The summed E-state index contributed by atoms with van der Waals surface area (Å²) in [5.41, 5.74) is 0. The van der Waals surface area contributed by atoms with Crippen LogP contribution in [0.25, 0.3) is 0 Å². The van der Waals surface area contributed by atoms with Gasteiger partial charge in [0.1, 0.15) is 13.6 Å². The SMILES string of the molecule is C=O.CCC(C)O.CCC(CC(C)O)OCOC(CC)CC(C)O. The first kappa shape index (κ1) is 28.3. The topological polar surface area (TPSA) is 96.2 Å². The monoisotopic (exact) mass is 352 g/mol. The molecular formula is C18H40O6. The second-order valence-electron chi connectivity index (χ2n) is 5.94. The summed E-state index contributed by atoms with van der Waals surface area (Å²) in [5.74, 6) is 0. The number of aliphatic hydroxyl groups is 3. The third-order valence-electron chi connectivity index (χ3n) is 3.32. The van der Waals surface area contributed by atoms with Crippen LogP contribution in [-0.4, -0.2) is 59.4 Å². The van der Waals surface area contributed by atoms with Crippen molar-refractivity contribution in [2.75, 3.05) is 6.79 Å². The van der Waals surface area contributed by atoms with Gasteiger partial charge in [0.25, 0.3) is 0 Å². The van der Waals surface area contributed by atoms with Crippen molar-refractivity contribution in [1.82, 2.24) is 0 Å². The van der Waals surface area contributed by atoms with Crippen molar-refractivity contribution in [3.8, 4) is 0 Å². The summed E-state index contributed by atoms with van der Waals surface area (Å²) in [4.78, 5) is 8.00. The van der Waals surface area contributed by atoms with Gasteiger partial charge >= 0.3 is 0 Å². The molecule has 6 nitrogen and oxygen atoms in total. The highest BCUT2D eigenvalue weighted by molar-refractivity contribution is 5.10. The molecular weight excluding hydrogens is 312 g/mol. The van der Waals surface area contributed by atoms with Crippen molar-refractivity contribution in [2.45, 2.75) is 104 Å². The highest BCUT2D eigenvalue weighted by Gasteiger charge is 2.13. The number of carbonyl (C=O) groups is 1. The Morgan fingerprint density at radius 2 is 1.00 bits per heavy atom. The first-order valence-corrected chi connectivity index (χ1v) is 8.82. The second kappa shape index (κ2) is 20.5. The van der Waals surface area contributed by atoms with Gasteiger partial charge in [0.05, 0.1) is 30.5 Å². The lowest BCUT2D eigenvalue weighted by molar-refractivity contribution is -0.132. The van der Waals surface area contributed by atoms with E-state index in [0.29, 0.717) is 12.8 Å². The molecule has 148 valence electrons. The molecule has 3 N–H and O–H groups in total. The number of aliphatic hydroxyl groups excluding tert-OH is 3. The van der Waals surface area contributed by atoms with Crippen LogP contribution in [-0.2, 0) is 14.3 Å². The van der Waals surface area contributed by atoms with Crippen LogP contribution in [0, 0.1) is 0 Å². The van der Waals surface area contributed by atoms with Gasteiger partial charge in [-0.25, -0.2) is 0 Å².